The van der Waals surface area contributed by atoms with Crippen LogP contribution in [0.5, 0.6) is 0 Å². The Bertz CT molecular complexity index is 278. The Morgan fingerprint density at radius 1 is 0.857 bits per heavy atom. The van der Waals surface area contributed by atoms with Crippen LogP contribution in [0.2, 0.25) is 0 Å². The standard InChI is InChI=1S/C16H30O5/c1-4-7-13-19-14(16(18)21-12-6-3)9-8-10-15(17)20-11-5-2/h14H,4-13H2,1-3H3. The van der Waals surface area contributed by atoms with E-state index in [1.54, 1.807) is 0 Å². The van der Waals surface area contributed by atoms with Crippen LogP contribution in [-0.2, 0) is 23.8 Å². The second kappa shape index (κ2) is 13.9. The van der Waals surface area contributed by atoms with Gasteiger partial charge in [-0.25, -0.2) is 4.79 Å². The Morgan fingerprint density at radius 3 is 2.14 bits per heavy atom. The molecule has 0 radical (unpaired) electrons. The summed E-state index contributed by atoms with van der Waals surface area (Å²) in [5.41, 5.74) is 0. The number of rotatable bonds is 13. The van der Waals surface area contributed by atoms with Crippen LogP contribution in [0.3, 0.4) is 0 Å². The summed E-state index contributed by atoms with van der Waals surface area (Å²) in [4.78, 5) is 23.3. The number of carbonyl (C=O) groups excluding carboxylic acids is 2. The fraction of sp³-hybridized carbons (Fsp3) is 0.875. The third kappa shape index (κ3) is 11.3. The van der Waals surface area contributed by atoms with Crippen molar-refractivity contribution >= 4 is 11.9 Å². The molecule has 5 heteroatoms. The highest BCUT2D eigenvalue weighted by Crippen LogP contribution is 2.09. The van der Waals surface area contributed by atoms with Gasteiger partial charge in [-0.3, -0.25) is 4.79 Å². The van der Waals surface area contributed by atoms with Crippen molar-refractivity contribution in [3.8, 4) is 0 Å². The van der Waals surface area contributed by atoms with Gasteiger partial charge in [-0.15, -0.1) is 0 Å². The van der Waals surface area contributed by atoms with E-state index < -0.39 is 6.10 Å². The van der Waals surface area contributed by atoms with Crippen molar-refractivity contribution in [3.05, 3.63) is 0 Å². The Morgan fingerprint density at radius 2 is 1.52 bits per heavy atom. The SMILES string of the molecule is CCCCOC(CCCC(=O)OCCC)C(=O)OCCC. The zero-order valence-electron chi connectivity index (χ0n) is 13.7. The Kier molecular flexibility index (Phi) is 13.1. The predicted octanol–water partition coefficient (Wildman–Crippen LogP) is 3.25. The van der Waals surface area contributed by atoms with Crippen molar-refractivity contribution < 1.29 is 23.8 Å². The largest absolute Gasteiger partial charge is 0.466 e. The normalized spacial score (nSPS) is 12.0. The van der Waals surface area contributed by atoms with Crippen molar-refractivity contribution in [2.75, 3.05) is 19.8 Å². The molecule has 0 spiro atoms. The van der Waals surface area contributed by atoms with Crippen LogP contribution in [0.4, 0.5) is 0 Å². The quantitative estimate of drug-likeness (QED) is 0.386. The van der Waals surface area contributed by atoms with E-state index in [1.807, 2.05) is 13.8 Å². The lowest BCUT2D eigenvalue weighted by atomic mass is 10.1. The van der Waals surface area contributed by atoms with Crippen LogP contribution in [0.15, 0.2) is 0 Å². The molecule has 0 aromatic rings. The molecule has 0 N–H and O–H groups in total. The lowest BCUT2D eigenvalue weighted by molar-refractivity contribution is -0.158. The molecule has 0 bridgehead atoms. The Labute approximate surface area is 128 Å². The van der Waals surface area contributed by atoms with E-state index in [4.69, 9.17) is 14.2 Å². The first-order chi connectivity index (χ1) is 10.2. The summed E-state index contributed by atoms with van der Waals surface area (Å²) in [6.07, 6.45) is 4.34. The predicted molar refractivity (Wildman–Crippen MR) is 81.0 cm³/mol. The van der Waals surface area contributed by atoms with Gasteiger partial charge in [0.05, 0.1) is 13.2 Å². The third-order valence-electron chi connectivity index (χ3n) is 2.84. The van der Waals surface area contributed by atoms with Gasteiger partial charge in [-0.1, -0.05) is 27.2 Å². The van der Waals surface area contributed by atoms with Crippen molar-refractivity contribution in [1.29, 1.82) is 0 Å². The van der Waals surface area contributed by atoms with E-state index in [0.717, 1.165) is 25.7 Å². The minimum atomic E-state index is -0.568. The summed E-state index contributed by atoms with van der Waals surface area (Å²) in [5, 5.41) is 0. The van der Waals surface area contributed by atoms with E-state index in [1.165, 1.54) is 0 Å². The monoisotopic (exact) mass is 302 g/mol. The molecule has 0 aliphatic heterocycles. The molecular formula is C16H30O5. The van der Waals surface area contributed by atoms with E-state index in [9.17, 15) is 9.59 Å². The summed E-state index contributed by atoms with van der Waals surface area (Å²) in [6.45, 7) is 7.37. The van der Waals surface area contributed by atoms with E-state index in [-0.39, 0.29) is 11.9 Å². The highest BCUT2D eigenvalue weighted by molar-refractivity contribution is 5.75. The third-order valence-corrected chi connectivity index (χ3v) is 2.84. The first-order valence-corrected chi connectivity index (χ1v) is 8.09. The molecule has 0 saturated heterocycles. The molecule has 1 atom stereocenters. The summed E-state index contributed by atoms with van der Waals surface area (Å²) < 4.78 is 15.7. The van der Waals surface area contributed by atoms with Crippen LogP contribution in [0, 0.1) is 0 Å². The van der Waals surface area contributed by atoms with Crippen LogP contribution in [-0.4, -0.2) is 37.9 Å². The second-order valence-electron chi connectivity index (χ2n) is 4.99. The number of esters is 2. The fourth-order valence-corrected chi connectivity index (χ4v) is 1.65. The molecule has 5 nitrogen and oxygen atoms in total. The van der Waals surface area contributed by atoms with Crippen LogP contribution in [0.1, 0.15) is 65.7 Å². The van der Waals surface area contributed by atoms with Gasteiger partial charge in [-0.2, -0.15) is 0 Å². The molecule has 0 rings (SSSR count). The van der Waals surface area contributed by atoms with Gasteiger partial charge in [0.1, 0.15) is 0 Å². The molecule has 0 heterocycles. The molecule has 0 aromatic carbocycles. The first-order valence-electron chi connectivity index (χ1n) is 8.09. The highest BCUT2D eigenvalue weighted by atomic mass is 16.6. The summed E-state index contributed by atoms with van der Waals surface area (Å²) in [7, 11) is 0. The first kappa shape index (κ1) is 19.9. The number of ether oxygens (including phenoxy) is 3. The van der Waals surface area contributed by atoms with Gasteiger partial charge in [0.15, 0.2) is 6.10 Å². The lowest BCUT2D eigenvalue weighted by Crippen LogP contribution is -2.27. The van der Waals surface area contributed by atoms with Crippen molar-refractivity contribution in [3.63, 3.8) is 0 Å². The Hall–Kier alpha value is -1.10. The zero-order valence-corrected chi connectivity index (χ0v) is 13.7. The molecule has 0 aromatic heterocycles. The molecule has 0 aliphatic rings. The molecule has 0 amide bonds. The Balaban J connectivity index is 4.07. The molecule has 124 valence electrons. The summed E-state index contributed by atoms with van der Waals surface area (Å²) >= 11 is 0. The molecule has 0 aliphatic carbocycles. The van der Waals surface area contributed by atoms with Crippen LogP contribution < -0.4 is 0 Å². The van der Waals surface area contributed by atoms with Crippen molar-refractivity contribution in [2.45, 2.75) is 71.8 Å². The second-order valence-corrected chi connectivity index (χ2v) is 4.99. The maximum absolute atomic E-state index is 11.9. The maximum Gasteiger partial charge on any atom is 0.335 e. The van der Waals surface area contributed by atoms with Crippen molar-refractivity contribution in [1.82, 2.24) is 0 Å². The minimum Gasteiger partial charge on any atom is -0.466 e. The molecule has 0 fully saturated rings. The van der Waals surface area contributed by atoms with Crippen LogP contribution >= 0.6 is 0 Å². The number of hydrogen-bond donors (Lipinski definition) is 0. The van der Waals surface area contributed by atoms with E-state index in [2.05, 4.69) is 6.92 Å². The van der Waals surface area contributed by atoms with Crippen molar-refractivity contribution in [2.24, 2.45) is 0 Å². The molecular weight excluding hydrogens is 272 g/mol. The van der Waals surface area contributed by atoms with Gasteiger partial charge in [0, 0.05) is 13.0 Å². The summed E-state index contributed by atoms with van der Waals surface area (Å²) in [5.74, 6) is -0.541. The fourth-order valence-electron chi connectivity index (χ4n) is 1.65. The molecule has 0 saturated carbocycles. The van der Waals surface area contributed by atoms with Crippen LogP contribution in [0.25, 0.3) is 0 Å². The molecule has 21 heavy (non-hydrogen) atoms. The number of carbonyl (C=O) groups is 2. The van der Waals surface area contributed by atoms with Gasteiger partial charge < -0.3 is 14.2 Å². The van der Waals surface area contributed by atoms with E-state index in [0.29, 0.717) is 39.1 Å². The average Bonchev–Trinajstić information content (AvgIpc) is 2.49. The van der Waals surface area contributed by atoms with Gasteiger partial charge in [-0.05, 0) is 32.1 Å². The van der Waals surface area contributed by atoms with Gasteiger partial charge >= 0.3 is 11.9 Å². The minimum absolute atomic E-state index is 0.217. The number of unbranched alkanes of at least 4 members (excludes halogenated alkanes) is 1. The number of hydrogen-bond acceptors (Lipinski definition) is 5. The molecule has 1 unspecified atom stereocenters. The van der Waals surface area contributed by atoms with Gasteiger partial charge in [0.25, 0.3) is 0 Å². The smallest absolute Gasteiger partial charge is 0.335 e. The zero-order chi connectivity index (χ0) is 15.9. The summed E-state index contributed by atoms with van der Waals surface area (Å²) in [6, 6.07) is 0. The van der Waals surface area contributed by atoms with Gasteiger partial charge in [0.2, 0.25) is 0 Å². The highest BCUT2D eigenvalue weighted by Gasteiger charge is 2.20. The van der Waals surface area contributed by atoms with E-state index >= 15 is 0 Å². The lowest BCUT2D eigenvalue weighted by Gasteiger charge is -2.16. The maximum atomic E-state index is 11.9. The average molecular weight is 302 g/mol. The topological polar surface area (TPSA) is 61.8 Å².